The van der Waals surface area contributed by atoms with Gasteiger partial charge in [-0.25, -0.2) is 0 Å². The van der Waals surface area contributed by atoms with Crippen molar-refractivity contribution < 1.29 is 14.6 Å². The van der Waals surface area contributed by atoms with Gasteiger partial charge < -0.3 is 14.7 Å². The number of aliphatic hydroxyl groups is 1. The van der Waals surface area contributed by atoms with Gasteiger partial charge in [-0.05, 0) is 86.0 Å². The van der Waals surface area contributed by atoms with Crippen LogP contribution < -0.4 is 4.74 Å². The molecule has 0 spiro atoms. The molecule has 0 saturated heterocycles. The fourth-order valence-corrected chi connectivity index (χ4v) is 4.57. The van der Waals surface area contributed by atoms with Gasteiger partial charge in [-0.15, -0.1) is 0 Å². The molecule has 0 aliphatic carbocycles. The summed E-state index contributed by atoms with van der Waals surface area (Å²) >= 11 is 0. The summed E-state index contributed by atoms with van der Waals surface area (Å²) in [5, 5.41) is 9.33. The van der Waals surface area contributed by atoms with E-state index in [-0.39, 0.29) is 12.5 Å². The van der Waals surface area contributed by atoms with Crippen molar-refractivity contribution in [1.29, 1.82) is 0 Å². The van der Waals surface area contributed by atoms with Crippen molar-refractivity contribution in [2.75, 3.05) is 39.4 Å². The molecule has 1 N–H and O–H groups in total. The van der Waals surface area contributed by atoms with Crippen LogP contribution in [-0.2, 0) is 13.0 Å². The first kappa shape index (κ1) is 27.2. The van der Waals surface area contributed by atoms with Crippen LogP contribution in [0.3, 0.4) is 0 Å². The van der Waals surface area contributed by atoms with Gasteiger partial charge in [0.25, 0.3) is 5.91 Å². The van der Waals surface area contributed by atoms with E-state index in [0.29, 0.717) is 30.7 Å². The molecule has 1 heterocycles. The smallest absolute Gasteiger partial charge is 0.253 e. The van der Waals surface area contributed by atoms with E-state index in [1.807, 2.05) is 25.1 Å². The molecular weight excluding hydrogens is 436 g/mol. The molecule has 0 unspecified atom stereocenters. The second kappa shape index (κ2) is 13.1. The first-order valence-corrected chi connectivity index (χ1v) is 13.2. The van der Waals surface area contributed by atoms with Crippen molar-refractivity contribution in [1.82, 2.24) is 9.80 Å². The molecule has 1 aliphatic rings. The molecule has 3 rings (SSSR count). The van der Waals surface area contributed by atoms with Gasteiger partial charge in [-0.2, -0.15) is 0 Å². The Balaban J connectivity index is 1.86. The number of benzene rings is 2. The molecule has 0 fully saturated rings. The zero-order valence-electron chi connectivity index (χ0n) is 22.2. The fraction of sp³-hybridized carbons (Fsp3) is 0.567. The maximum absolute atomic E-state index is 13.0. The number of likely N-dealkylation sites (N-methyl/N-ethyl adjacent to an activating group) is 1. The summed E-state index contributed by atoms with van der Waals surface area (Å²) in [4.78, 5) is 17.3. The highest BCUT2D eigenvalue weighted by molar-refractivity contribution is 5.94. The van der Waals surface area contributed by atoms with Crippen LogP contribution in [-0.4, -0.2) is 60.2 Å². The summed E-state index contributed by atoms with van der Waals surface area (Å²) < 4.78 is 6.21. The lowest BCUT2D eigenvalue weighted by molar-refractivity contribution is 0.0732. The summed E-state index contributed by atoms with van der Waals surface area (Å²) in [6.45, 7) is 13.6. The number of amides is 1. The van der Waals surface area contributed by atoms with E-state index in [0.717, 1.165) is 50.2 Å². The molecule has 2 aromatic rings. The zero-order valence-corrected chi connectivity index (χ0v) is 22.2. The van der Waals surface area contributed by atoms with Crippen molar-refractivity contribution >= 4 is 5.91 Å². The first-order chi connectivity index (χ1) is 16.8. The molecule has 5 nitrogen and oxygen atoms in total. The third kappa shape index (κ3) is 8.66. The van der Waals surface area contributed by atoms with Crippen LogP contribution in [0.25, 0.3) is 0 Å². The van der Waals surface area contributed by atoms with Gasteiger partial charge in [-0.3, -0.25) is 9.69 Å². The lowest BCUT2D eigenvalue weighted by Crippen LogP contribution is -2.33. The predicted molar refractivity (Wildman–Crippen MR) is 143 cm³/mol. The largest absolute Gasteiger partial charge is 0.493 e. The Morgan fingerprint density at radius 3 is 2.63 bits per heavy atom. The minimum absolute atomic E-state index is 0.0345. The van der Waals surface area contributed by atoms with Crippen LogP contribution in [0.5, 0.6) is 5.75 Å². The molecule has 0 atom stereocenters. The van der Waals surface area contributed by atoms with Gasteiger partial charge in [0.1, 0.15) is 5.75 Å². The van der Waals surface area contributed by atoms with Gasteiger partial charge in [0.15, 0.2) is 0 Å². The Hall–Kier alpha value is -2.37. The van der Waals surface area contributed by atoms with Crippen LogP contribution >= 0.6 is 0 Å². The number of hydrogen-bond donors (Lipinski definition) is 1. The van der Waals surface area contributed by atoms with E-state index in [2.05, 4.69) is 49.9 Å². The third-order valence-electron chi connectivity index (χ3n) is 6.69. The SMILES string of the molecule is CCN(CCO)C(=O)c1ccc2c(c1)Cc1cccc(c1)CN(CCC(C)(C)C)CCCCCO2. The lowest BCUT2D eigenvalue weighted by Gasteiger charge is -2.27. The van der Waals surface area contributed by atoms with Crippen LogP contribution in [0.2, 0.25) is 0 Å². The lowest BCUT2D eigenvalue weighted by atomic mass is 9.92. The number of nitrogens with zero attached hydrogens (tertiary/aromatic N) is 2. The van der Waals surface area contributed by atoms with E-state index in [4.69, 9.17) is 4.74 Å². The number of carbonyl (C=O) groups excluding carboxylic acids is 1. The monoisotopic (exact) mass is 480 g/mol. The summed E-state index contributed by atoms with van der Waals surface area (Å²) in [5.41, 5.74) is 4.58. The maximum Gasteiger partial charge on any atom is 0.253 e. The van der Waals surface area contributed by atoms with E-state index in [9.17, 15) is 9.90 Å². The molecule has 0 aromatic heterocycles. The summed E-state index contributed by atoms with van der Waals surface area (Å²) in [6.07, 6.45) is 5.25. The average molecular weight is 481 g/mol. The van der Waals surface area contributed by atoms with Crippen LogP contribution in [0, 0.1) is 5.41 Å². The molecule has 192 valence electrons. The predicted octanol–water partition coefficient (Wildman–Crippen LogP) is 5.53. The van der Waals surface area contributed by atoms with Gasteiger partial charge in [-0.1, -0.05) is 45.0 Å². The Labute approximate surface area is 212 Å². The number of ether oxygens (including phenoxy) is 1. The third-order valence-corrected chi connectivity index (χ3v) is 6.69. The Morgan fingerprint density at radius 2 is 1.89 bits per heavy atom. The van der Waals surface area contributed by atoms with Crippen molar-refractivity contribution in [3.63, 3.8) is 0 Å². The highest BCUT2D eigenvalue weighted by Crippen LogP contribution is 2.26. The topological polar surface area (TPSA) is 53.0 Å². The average Bonchev–Trinajstić information content (AvgIpc) is 2.82. The molecule has 2 aromatic carbocycles. The van der Waals surface area contributed by atoms with Gasteiger partial charge in [0, 0.05) is 31.6 Å². The summed E-state index contributed by atoms with van der Waals surface area (Å²) in [6, 6.07) is 14.6. The maximum atomic E-state index is 13.0. The highest BCUT2D eigenvalue weighted by Gasteiger charge is 2.18. The second-order valence-electron chi connectivity index (χ2n) is 10.9. The van der Waals surface area contributed by atoms with Crippen molar-refractivity contribution in [2.45, 2.75) is 66.3 Å². The molecule has 2 bridgehead atoms. The standard InChI is InChI=1S/C30H44N2O3/c1-5-32(17-18-33)29(34)26-12-13-28-27(22-26)21-24-10-9-11-25(20-24)23-31(16-14-30(2,3)4)15-7-6-8-19-35-28/h9-13,20,22,33H,5-8,14-19,21,23H2,1-4H3. The summed E-state index contributed by atoms with van der Waals surface area (Å²) in [5.74, 6) is 0.813. The van der Waals surface area contributed by atoms with Crippen LogP contribution in [0.15, 0.2) is 42.5 Å². The normalized spacial score (nSPS) is 15.6. The molecule has 0 saturated carbocycles. The Morgan fingerprint density at radius 1 is 1.09 bits per heavy atom. The first-order valence-electron chi connectivity index (χ1n) is 13.2. The molecular formula is C30H44N2O3. The number of rotatable bonds is 6. The Bertz CT molecular complexity index is 951. The van der Waals surface area contributed by atoms with E-state index in [1.165, 1.54) is 24.0 Å². The molecule has 1 aliphatic heterocycles. The Kier molecular flexibility index (Phi) is 10.2. The van der Waals surface area contributed by atoms with Crippen molar-refractivity contribution in [3.8, 4) is 5.75 Å². The van der Waals surface area contributed by atoms with Gasteiger partial charge in [0.2, 0.25) is 0 Å². The second-order valence-corrected chi connectivity index (χ2v) is 10.9. The van der Waals surface area contributed by atoms with Crippen LogP contribution in [0.4, 0.5) is 0 Å². The number of fused-ring (bicyclic) bond motifs is 3. The van der Waals surface area contributed by atoms with Crippen molar-refractivity contribution in [3.05, 3.63) is 64.7 Å². The molecule has 0 radical (unpaired) electrons. The van der Waals surface area contributed by atoms with Gasteiger partial charge in [0.05, 0.1) is 13.2 Å². The van der Waals surface area contributed by atoms with Gasteiger partial charge >= 0.3 is 0 Å². The minimum Gasteiger partial charge on any atom is -0.493 e. The highest BCUT2D eigenvalue weighted by atomic mass is 16.5. The molecule has 5 heteroatoms. The zero-order chi connectivity index (χ0) is 25.3. The number of carbonyl (C=O) groups is 1. The van der Waals surface area contributed by atoms with E-state index < -0.39 is 0 Å². The number of hydrogen-bond acceptors (Lipinski definition) is 4. The number of aliphatic hydroxyl groups excluding tert-OH is 1. The van der Waals surface area contributed by atoms with E-state index >= 15 is 0 Å². The van der Waals surface area contributed by atoms with E-state index in [1.54, 1.807) is 4.90 Å². The quantitative estimate of drug-likeness (QED) is 0.590. The van der Waals surface area contributed by atoms with Crippen LogP contribution in [0.1, 0.15) is 80.4 Å². The molecule has 1 amide bonds. The molecule has 35 heavy (non-hydrogen) atoms. The minimum atomic E-state index is -0.0491. The van der Waals surface area contributed by atoms with Crippen molar-refractivity contribution in [2.24, 2.45) is 5.41 Å². The fourth-order valence-electron chi connectivity index (χ4n) is 4.57. The summed E-state index contributed by atoms with van der Waals surface area (Å²) in [7, 11) is 0.